The van der Waals surface area contributed by atoms with Crippen LogP contribution in [0.3, 0.4) is 0 Å². The van der Waals surface area contributed by atoms with Gasteiger partial charge in [0, 0.05) is 38.4 Å². The van der Waals surface area contributed by atoms with Gasteiger partial charge in [-0.1, -0.05) is 6.07 Å². The molecule has 1 N–H and O–H groups in total. The van der Waals surface area contributed by atoms with Gasteiger partial charge in [-0.2, -0.15) is 0 Å². The Morgan fingerprint density at radius 1 is 1.28 bits per heavy atom. The Balaban J connectivity index is 1.47. The van der Waals surface area contributed by atoms with E-state index in [-0.39, 0.29) is 12.1 Å². The van der Waals surface area contributed by atoms with E-state index in [2.05, 4.69) is 27.1 Å². The van der Waals surface area contributed by atoms with Gasteiger partial charge in [-0.3, -0.25) is 9.88 Å². The summed E-state index contributed by atoms with van der Waals surface area (Å²) in [5.74, 6) is 1.34. The lowest BCUT2D eigenvalue weighted by atomic mass is 10.1. The fourth-order valence-corrected chi connectivity index (χ4v) is 3.00. The standard InChI is InChI=1S/C18H25N5O2/c1-13-15(3)25-17(21-13)12-20-18(24)23-10-8-22(9-11-23)14(2)16-6-4-5-7-19-16/h4-7,14H,8-12H2,1-3H3,(H,20,24). The smallest absolute Gasteiger partial charge is 0.317 e. The van der Waals surface area contributed by atoms with Crippen molar-refractivity contribution in [3.05, 3.63) is 47.4 Å². The van der Waals surface area contributed by atoms with Crippen LogP contribution in [0.15, 0.2) is 28.8 Å². The van der Waals surface area contributed by atoms with Crippen molar-refractivity contribution < 1.29 is 9.21 Å². The van der Waals surface area contributed by atoms with E-state index in [0.29, 0.717) is 25.5 Å². The molecule has 0 aromatic carbocycles. The fraction of sp³-hybridized carbons (Fsp3) is 0.500. The molecule has 0 bridgehead atoms. The molecule has 1 aliphatic heterocycles. The molecule has 0 radical (unpaired) electrons. The summed E-state index contributed by atoms with van der Waals surface area (Å²) in [5.41, 5.74) is 1.93. The SMILES string of the molecule is Cc1nc(CNC(=O)N2CCN(C(C)c3ccccn3)CC2)oc1C. The number of nitrogens with zero attached hydrogens (tertiary/aromatic N) is 4. The maximum Gasteiger partial charge on any atom is 0.317 e. The molecule has 2 aromatic heterocycles. The molecule has 1 aliphatic rings. The maximum atomic E-state index is 12.3. The fourth-order valence-electron chi connectivity index (χ4n) is 3.00. The minimum Gasteiger partial charge on any atom is -0.444 e. The van der Waals surface area contributed by atoms with Gasteiger partial charge in [-0.05, 0) is 32.9 Å². The predicted octanol–water partition coefficient (Wildman–Crippen LogP) is 2.27. The van der Waals surface area contributed by atoms with Crippen molar-refractivity contribution in [3.63, 3.8) is 0 Å². The lowest BCUT2D eigenvalue weighted by Crippen LogP contribution is -2.52. The molecule has 3 heterocycles. The molecule has 7 nitrogen and oxygen atoms in total. The van der Waals surface area contributed by atoms with E-state index in [1.165, 1.54) is 0 Å². The number of carbonyl (C=O) groups is 1. The van der Waals surface area contributed by atoms with E-state index in [4.69, 9.17) is 4.42 Å². The summed E-state index contributed by atoms with van der Waals surface area (Å²) < 4.78 is 5.49. The predicted molar refractivity (Wildman–Crippen MR) is 94.0 cm³/mol. The van der Waals surface area contributed by atoms with E-state index in [1.54, 1.807) is 0 Å². The second-order valence-corrected chi connectivity index (χ2v) is 6.36. The Morgan fingerprint density at radius 3 is 2.64 bits per heavy atom. The molecule has 0 spiro atoms. The van der Waals surface area contributed by atoms with Crippen LogP contribution in [0.5, 0.6) is 0 Å². The van der Waals surface area contributed by atoms with Crippen molar-refractivity contribution in [2.45, 2.75) is 33.4 Å². The van der Waals surface area contributed by atoms with Crippen LogP contribution < -0.4 is 5.32 Å². The molecular weight excluding hydrogens is 318 g/mol. The van der Waals surface area contributed by atoms with Gasteiger partial charge in [-0.25, -0.2) is 9.78 Å². The van der Waals surface area contributed by atoms with Gasteiger partial charge in [0.05, 0.1) is 17.9 Å². The average molecular weight is 343 g/mol. The number of rotatable bonds is 4. The first-order valence-electron chi connectivity index (χ1n) is 8.65. The summed E-state index contributed by atoms with van der Waals surface area (Å²) in [6.45, 7) is 9.31. The van der Waals surface area contributed by atoms with Crippen molar-refractivity contribution in [1.82, 2.24) is 25.1 Å². The third-order valence-corrected chi connectivity index (χ3v) is 4.73. The summed E-state index contributed by atoms with van der Waals surface area (Å²) in [5, 5.41) is 2.88. The van der Waals surface area contributed by atoms with E-state index in [9.17, 15) is 4.79 Å². The Kier molecular flexibility index (Phi) is 5.33. The molecular formula is C18H25N5O2. The number of carbonyl (C=O) groups excluding carboxylic acids is 1. The molecule has 1 fully saturated rings. The molecule has 25 heavy (non-hydrogen) atoms. The van der Waals surface area contributed by atoms with Gasteiger partial charge in [0.25, 0.3) is 0 Å². The highest BCUT2D eigenvalue weighted by atomic mass is 16.4. The van der Waals surface area contributed by atoms with Gasteiger partial charge >= 0.3 is 6.03 Å². The number of hydrogen-bond acceptors (Lipinski definition) is 5. The molecule has 2 aromatic rings. The Bertz CT molecular complexity index is 688. The highest BCUT2D eigenvalue weighted by molar-refractivity contribution is 5.74. The normalized spacial score (nSPS) is 16.7. The number of hydrogen-bond donors (Lipinski definition) is 1. The third kappa shape index (κ3) is 4.17. The zero-order chi connectivity index (χ0) is 17.8. The van der Waals surface area contributed by atoms with Gasteiger partial charge in [-0.15, -0.1) is 0 Å². The number of amides is 2. The largest absolute Gasteiger partial charge is 0.444 e. The molecule has 2 amide bonds. The summed E-state index contributed by atoms with van der Waals surface area (Å²) in [4.78, 5) is 25.2. The lowest BCUT2D eigenvalue weighted by Gasteiger charge is -2.37. The summed E-state index contributed by atoms with van der Waals surface area (Å²) >= 11 is 0. The summed E-state index contributed by atoms with van der Waals surface area (Å²) in [7, 11) is 0. The van der Waals surface area contributed by atoms with Crippen molar-refractivity contribution in [3.8, 4) is 0 Å². The molecule has 1 saturated heterocycles. The monoisotopic (exact) mass is 343 g/mol. The molecule has 1 atom stereocenters. The zero-order valence-electron chi connectivity index (χ0n) is 15.0. The van der Waals surface area contributed by atoms with Crippen LogP contribution in [0.4, 0.5) is 4.79 Å². The summed E-state index contributed by atoms with van der Waals surface area (Å²) in [6, 6.07) is 6.16. The highest BCUT2D eigenvalue weighted by Gasteiger charge is 2.25. The van der Waals surface area contributed by atoms with Crippen LogP contribution in [0.2, 0.25) is 0 Å². The van der Waals surface area contributed by atoms with Crippen LogP contribution in [-0.2, 0) is 6.54 Å². The first kappa shape index (κ1) is 17.4. The minimum absolute atomic E-state index is 0.0707. The molecule has 3 rings (SSSR count). The van der Waals surface area contributed by atoms with Crippen LogP contribution in [0, 0.1) is 13.8 Å². The van der Waals surface area contributed by atoms with Crippen molar-refractivity contribution >= 4 is 6.03 Å². The van der Waals surface area contributed by atoms with Crippen molar-refractivity contribution in [2.75, 3.05) is 26.2 Å². The van der Waals surface area contributed by atoms with Crippen LogP contribution in [0.25, 0.3) is 0 Å². The lowest BCUT2D eigenvalue weighted by molar-refractivity contribution is 0.112. The molecule has 7 heteroatoms. The van der Waals surface area contributed by atoms with Gasteiger partial charge < -0.3 is 14.6 Å². The topological polar surface area (TPSA) is 74.5 Å². The molecule has 1 unspecified atom stereocenters. The average Bonchev–Trinajstić information content (AvgIpc) is 2.98. The third-order valence-electron chi connectivity index (χ3n) is 4.73. The summed E-state index contributed by atoms with van der Waals surface area (Å²) in [6.07, 6.45) is 1.82. The Hall–Kier alpha value is -2.41. The van der Waals surface area contributed by atoms with Gasteiger partial charge in [0.1, 0.15) is 5.76 Å². The second kappa shape index (κ2) is 7.65. The van der Waals surface area contributed by atoms with Crippen LogP contribution >= 0.6 is 0 Å². The number of pyridine rings is 1. The molecule has 0 saturated carbocycles. The highest BCUT2D eigenvalue weighted by Crippen LogP contribution is 2.19. The van der Waals surface area contributed by atoms with Crippen molar-refractivity contribution in [1.29, 1.82) is 0 Å². The quantitative estimate of drug-likeness (QED) is 0.922. The Labute approximate surface area is 148 Å². The first-order valence-corrected chi connectivity index (χ1v) is 8.65. The molecule has 134 valence electrons. The minimum atomic E-state index is -0.0707. The van der Waals surface area contributed by atoms with E-state index in [1.807, 2.05) is 43.1 Å². The number of nitrogens with one attached hydrogen (secondary N) is 1. The maximum absolute atomic E-state index is 12.3. The van der Waals surface area contributed by atoms with E-state index >= 15 is 0 Å². The van der Waals surface area contributed by atoms with E-state index < -0.39 is 0 Å². The van der Waals surface area contributed by atoms with Crippen LogP contribution in [-0.4, -0.2) is 52.0 Å². The number of urea groups is 1. The number of piperazine rings is 1. The first-order chi connectivity index (χ1) is 12.0. The molecule has 0 aliphatic carbocycles. The van der Waals surface area contributed by atoms with Crippen molar-refractivity contribution in [2.24, 2.45) is 0 Å². The number of aromatic nitrogens is 2. The van der Waals surface area contributed by atoms with Crippen LogP contribution in [0.1, 0.15) is 36.0 Å². The number of oxazole rings is 1. The van der Waals surface area contributed by atoms with E-state index in [0.717, 1.165) is 30.2 Å². The van der Waals surface area contributed by atoms with Gasteiger partial charge in [0.2, 0.25) is 5.89 Å². The second-order valence-electron chi connectivity index (χ2n) is 6.36. The Morgan fingerprint density at radius 2 is 2.04 bits per heavy atom. The number of aryl methyl sites for hydroxylation is 2. The van der Waals surface area contributed by atoms with Gasteiger partial charge in [0.15, 0.2) is 0 Å². The zero-order valence-corrected chi connectivity index (χ0v) is 15.0.